The molecule has 2 aromatic heterocycles. The molecule has 7 nitrogen and oxygen atoms in total. The molecule has 7 heteroatoms. The molecule has 1 fully saturated rings. The minimum Gasteiger partial charge on any atom is -0.395 e. The Morgan fingerprint density at radius 3 is 2.79 bits per heavy atom. The average molecular weight is 262 g/mol. The topological polar surface area (TPSA) is 82.9 Å². The summed E-state index contributed by atoms with van der Waals surface area (Å²) in [6.45, 7) is 4.53. The number of imidazole rings is 1. The fourth-order valence-electron chi connectivity index (χ4n) is 2.47. The van der Waals surface area contributed by atoms with Gasteiger partial charge in [0.25, 0.3) is 0 Å². The molecule has 3 rings (SSSR count). The first-order valence-corrected chi connectivity index (χ1v) is 6.45. The highest BCUT2D eigenvalue weighted by atomic mass is 16.3. The van der Waals surface area contributed by atoms with E-state index in [2.05, 4.69) is 19.8 Å². The first kappa shape index (κ1) is 12.2. The van der Waals surface area contributed by atoms with Gasteiger partial charge >= 0.3 is 0 Å². The Morgan fingerprint density at radius 2 is 2.05 bits per heavy atom. The number of nitrogens with zero attached hydrogens (tertiary/aromatic N) is 5. The molecule has 0 amide bonds. The summed E-state index contributed by atoms with van der Waals surface area (Å²) in [5, 5.41) is 8.95. The second-order valence-electron chi connectivity index (χ2n) is 4.70. The van der Waals surface area contributed by atoms with Crippen molar-refractivity contribution >= 4 is 17.3 Å². The molecule has 1 saturated heterocycles. The Balaban J connectivity index is 1.83. The van der Waals surface area contributed by atoms with E-state index in [1.807, 2.05) is 10.6 Å². The molecule has 1 aliphatic heterocycles. The van der Waals surface area contributed by atoms with Crippen LogP contribution in [0.15, 0.2) is 18.6 Å². The predicted molar refractivity (Wildman–Crippen MR) is 73.1 cm³/mol. The number of nitrogen functional groups attached to an aromatic ring is 1. The lowest BCUT2D eigenvalue weighted by Gasteiger charge is -2.35. The SMILES string of the molecule is Nc1cn2ccnc2c(N2CCN(CCO)CC2)n1. The lowest BCUT2D eigenvalue weighted by atomic mass is 10.3. The van der Waals surface area contributed by atoms with E-state index in [4.69, 9.17) is 10.8 Å². The molecule has 0 saturated carbocycles. The summed E-state index contributed by atoms with van der Waals surface area (Å²) in [5.74, 6) is 1.34. The Morgan fingerprint density at radius 1 is 1.26 bits per heavy atom. The number of hydrogen-bond donors (Lipinski definition) is 2. The number of rotatable bonds is 3. The van der Waals surface area contributed by atoms with Crippen molar-refractivity contribution in [3.05, 3.63) is 18.6 Å². The zero-order valence-corrected chi connectivity index (χ0v) is 10.7. The highest BCUT2D eigenvalue weighted by molar-refractivity contribution is 5.66. The summed E-state index contributed by atoms with van der Waals surface area (Å²) in [5.41, 5.74) is 6.67. The van der Waals surface area contributed by atoms with Crippen LogP contribution >= 0.6 is 0 Å². The quantitative estimate of drug-likeness (QED) is 0.770. The van der Waals surface area contributed by atoms with Gasteiger partial charge in [-0.2, -0.15) is 0 Å². The number of anilines is 2. The molecule has 0 bridgehead atoms. The van der Waals surface area contributed by atoms with E-state index in [-0.39, 0.29) is 6.61 Å². The van der Waals surface area contributed by atoms with Gasteiger partial charge in [-0.1, -0.05) is 0 Å². The van der Waals surface area contributed by atoms with Gasteiger partial charge in [0.15, 0.2) is 11.5 Å². The number of aromatic nitrogens is 3. The highest BCUT2D eigenvalue weighted by Crippen LogP contribution is 2.20. The molecule has 0 unspecified atom stereocenters. The molecule has 0 aromatic carbocycles. The third-order valence-electron chi connectivity index (χ3n) is 3.46. The normalized spacial score (nSPS) is 17.2. The summed E-state index contributed by atoms with van der Waals surface area (Å²) in [6.07, 6.45) is 5.40. The van der Waals surface area contributed by atoms with Crippen molar-refractivity contribution < 1.29 is 5.11 Å². The number of fused-ring (bicyclic) bond motifs is 1. The molecule has 3 heterocycles. The molecule has 0 atom stereocenters. The highest BCUT2D eigenvalue weighted by Gasteiger charge is 2.20. The van der Waals surface area contributed by atoms with Gasteiger partial charge < -0.3 is 20.1 Å². The second kappa shape index (κ2) is 5.02. The van der Waals surface area contributed by atoms with Crippen LogP contribution in [-0.4, -0.2) is 63.7 Å². The Bertz CT molecular complexity index is 560. The lowest BCUT2D eigenvalue weighted by Crippen LogP contribution is -2.47. The fourth-order valence-corrected chi connectivity index (χ4v) is 2.47. The van der Waals surface area contributed by atoms with Crippen LogP contribution in [0.2, 0.25) is 0 Å². The van der Waals surface area contributed by atoms with Crippen molar-refractivity contribution in [1.29, 1.82) is 0 Å². The number of nitrogens with two attached hydrogens (primary N) is 1. The van der Waals surface area contributed by atoms with E-state index in [0.717, 1.165) is 44.2 Å². The lowest BCUT2D eigenvalue weighted by molar-refractivity contribution is 0.188. The van der Waals surface area contributed by atoms with Gasteiger partial charge in [-0.3, -0.25) is 4.90 Å². The maximum absolute atomic E-state index is 8.95. The predicted octanol–water partition coefficient (Wildman–Crippen LogP) is -0.574. The average Bonchev–Trinajstić information content (AvgIpc) is 2.87. The summed E-state index contributed by atoms with van der Waals surface area (Å²) >= 11 is 0. The van der Waals surface area contributed by atoms with Gasteiger partial charge in [-0.25, -0.2) is 9.97 Å². The Kier molecular flexibility index (Phi) is 3.22. The third-order valence-corrected chi connectivity index (χ3v) is 3.46. The number of hydrogen-bond acceptors (Lipinski definition) is 6. The summed E-state index contributed by atoms with van der Waals surface area (Å²) in [4.78, 5) is 13.2. The molecule has 0 radical (unpaired) electrons. The minimum atomic E-state index is 0.209. The molecular formula is C12H18N6O. The van der Waals surface area contributed by atoms with Crippen LogP contribution in [0.5, 0.6) is 0 Å². The molecule has 19 heavy (non-hydrogen) atoms. The van der Waals surface area contributed by atoms with E-state index in [0.29, 0.717) is 5.82 Å². The Hall–Kier alpha value is -1.86. The number of β-amino-alcohol motifs (C(OH)–C–C–N with tert-alkyl or cyclic N) is 1. The van der Waals surface area contributed by atoms with Gasteiger partial charge in [0, 0.05) is 45.1 Å². The van der Waals surface area contributed by atoms with Crippen molar-refractivity contribution in [2.75, 3.05) is 50.0 Å². The van der Waals surface area contributed by atoms with Gasteiger partial charge in [-0.15, -0.1) is 0 Å². The van der Waals surface area contributed by atoms with Crippen LogP contribution < -0.4 is 10.6 Å². The van der Waals surface area contributed by atoms with Crippen LogP contribution in [0.1, 0.15) is 0 Å². The minimum absolute atomic E-state index is 0.209. The monoisotopic (exact) mass is 262 g/mol. The molecule has 2 aromatic rings. The molecule has 0 spiro atoms. The first-order chi connectivity index (χ1) is 9.28. The summed E-state index contributed by atoms with van der Waals surface area (Å²) in [7, 11) is 0. The molecule has 0 aliphatic carbocycles. The molecule has 102 valence electrons. The summed E-state index contributed by atoms with van der Waals surface area (Å²) < 4.78 is 1.90. The zero-order chi connectivity index (χ0) is 13.2. The van der Waals surface area contributed by atoms with Crippen LogP contribution in [0.3, 0.4) is 0 Å². The number of aliphatic hydroxyl groups excluding tert-OH is 1. The van der Waals surface area contributed by atoms with E-state index < -0.39 is 0 Å². The fraction of sp³-hybridized carbons (Fsp3) is 0.500. The largest absolute Gasteiger partial charge is 0.395 e. The van der Waals surface area contributed by atoms with Crippen LogP contribution in [0.25, 0.3) is 5.65 Å². The van der Waals surface area contributed by atoms with E-state index >= 15 is 0 Å². The van der Waals surface area contributed by atoms with Gasteiger partial charge in [0.2, 0.25) is 0 Å². The van der Waals surface area contributed by atoms with Crippen molar-refractivity contribution in [3.8, 4) is 0 Å². The molecule has 1 aliphatic rings. The van der Waals surface area contributed by atoms with Gasteiger partial charge in [-0.05, 0) is 0 Å². The van der Waals surface area contributed by atoms with Crippen molar-refractivity contribution in [2.45, 2.75) is 0 Å². The maximum Gasteiger partial charge on any atom is 0.180 e. The maximum atomic E-state index is 8.95. The first-order valence-electron chi connectivity index (χ1n) is 6.45. The van der Waals surface area contributed by atoms with E-state index in [1.165, 1.54) is 0 Å². The zero-order valence-electron chi connectivity index (χ0n) is 10.7. The van der Waals surface area contributed by atoms with Gasteiger partial charge in [0.05, 0.1) is 12.8 Å². The van der Waals surface area contributed by atoms with E-state index in [9.17, 15) is 0 Å². The smallest absolute Gasteiger partial charge is 0.180 e. The van der Waals surface area contributed by atoms with E-state index in [1.54, 1.807) is 12.4 Å². The van der Waals surface area contributed by atoms with Crippen molar-refractivity contribution in [1.82, 2.24) is 19.3 Å². The van der Waals surface area contributed by atoms with Crippen LogP contribution in [0.4, 0.5) is 11.6 Å². The van der Waals surface area contributed by atoms with Crippen LogP contribution in [-0.2, 0) is 0 Å². The number of piperazine rings is 1. The van der Waals surface area contributed by atoms with Crippen molar-refractivity contribution in [2.24, 2.45) is 0 Å². The van der Waals surface area contributed by atoms with Crippen LogP contribution in [0, 0.1) is 0 Å². The third kappa shape index (κ3) is 2.34. The van der Waals surface area contributed by atoms with Crippen molar-refractivity contribution in [3.63, 3.8) is 0 Å². The summed E-state index contributed by atoms with van der Waals surface area (Å²) in [6, 6.07) is 0. The molecule has 3 N–H and O–H groups in total. The van der Waals surface area contributed by atoms with Gasteiger partial charge in [0.1, 0.15) is 5.82 Å². The molecular weight excluding hydrogens is 244 g/mol. The standard InChI is InChI=1S/C12H18N6O/c13-10-9-18-2-1-14-11(18)12(15-10)17-5-3-16(4-6-17)7-8-19/h1-2,9,19H,3-8,13H2. The Labute approximate surface area is 111 Å². The second-order valence-corrected chi connectivity index (χ2v) is 4.70. The number of aliphatic hydroxyl groups is 1.